The highest BCUT2D eigenvalue weighted by atomic mass is 19.1. The van der Waals surface area contributed by atoms with Gasteiger partial charge in [0.1, 0.15) is 11.9 Å². The van der Waals surface area contributed by atoms with Crippen molar-refractivity contribution in [2.75, 3.05) is 7.11 Å². The Kier molecular flexibility index (Phi) is 3.38. The first-order valence-electron chi connectivity index (χ1n) is 6.14. The molecule has 1 aliphatic rings. The van der Waals surface area contributed by atoms with E-state index in [2.05, 4.69) is 0 Å². The van der Waals surface area contributed by atoms with Gasteiger partial charge in [-0.15, -0.1) is 0 Å². The molecule has 0 spiro atoms. The van der Waals surface area contributed by atoms with Crippen LogP contribution in [0.15, 0.2) is 18.2 Å². The van der Waals surface area contributed by atoms with Gasteiger partial charge in [-0.05, 0) is 44.2 Å². The number of alkyl halides is 1. The van der Waals surface area contributed by atoms with E-state index in [-0.39, 0.29) is 5.54 Å². The van der Waals surface area contributed by atoms with Crippen LogP contribution in [0.1, 0.15) is 43.5 Å². The van der Waals surface area contributed by atoms with Gasteiger partial charge in [0.25, 0.3) is 0 Å². The van der Waals surface area contributed by atoms with Crippen LogP contribution < -0.4 is 10.5 Å². The first-order chi connectivity index (χ1) is 8.06. The second-order valence-electron chi connectivity index (χ2n) is 5.01. The fourth-order valence-electron chi connectivity index (χ4n) is 2.20. The lowest BCUT2D eigenvalue weighted by molar-refractivity contribution is 0.364. The molecule has 1 aromatic carbocycles. The summed E-state index contributed by atoms with van der Waals surface area (Å²) in [4.78, 5) is 0. The maximum atomic E-state index is 13.6. The monoisotopic (exact) mass is 237 g/mol. The molecule has 2 nitrogen and oxygen atoms in total. The summed E-state index contributed by atoms with van der Waals surface area (Å²) in [5.74, 6) is 0.774. The van der Waals surface area contributed by atoms with Gasteiger partial charge in [0.15, 0.2) is 0 Å². The summed E-state index contributed by atoms with van der Waals surface area (Å²) in [6, 6.07) is 5.55. The number of hydrogen-bond acceptors (Lipinski definition) is 2. The highest BCUT2D eigenvalue weighted by molar-refractivity contribution is 5.41. The second kappa shape index (κ2) is 4.65. The summed E-state index contributed by atoms with van der Waals surface area (Å²) in [6.45, 7) is 1.56. The van der Waals surface area contributed by atoms with Crippen molar-refractivity contribution in [1.82, 2.24) is 0 Å². The Morgan fingerprint density at radius 1 is 1.47 bits per heavy atom. The van der Waals surface area contributed by atoms with Crippen LogP contribution >= 0.6 is 0 Å². The molecule has 0 heterocycles. The molecule has 1 aromatic rings. The molecule has 2 N–H and O–H groups in total. The van der Waals surface area contributed by atoms with E-state index in [0.29, 0.717) is 0 Å². The standard InChI is InChI=1S/C14H20FNO/c1-10(15)11-4-3-5-13(17-2)12(11)6-7-14(16)8-9-14/h3-5,10H,6-9,16H2,1-2H3. The Morgan fingerprint density at radius 2 is 2.18 bits per heavy atom. The highest BCUT2D eigenvalue weighted by Crippen LogP contribution is 2.39. The third kappa shape index (κ3) is 2.78. The van der Waals surface area contributed by atoms with Gasteiger partial charge in [0.2, 0.25) is 0 Å². The molecule has 1 fully saturated rings. The number of nitrogens with two attached hydrogens (primary N) is 1. The third-order valence-electron chi connectivity index (χ3n) is 3.58. The Morgan fingerprint density at radius 3 is 2.71 bits per heavy atom. The van der Waals surface area contributed by atoms with Gasteiger partial charge in [-0.1, -0.05) is 12.1 Å². The van der Waals surface area contributed by atoms with E-state index in [1.807, 2.05) is 18.2 Å². The molecule has 3 heteroatoms. The van der Waals surface area contributed by atoms with Crippen LogP contribution in [0, 0.1) is 0 Å². The lowest BCUT2D eigenvalue weighted by atomic mass is 9.96. The Bertz CT molecular complexity index is 399. The van der Waals surface area contributed by atoms with Crippen LogP contribution in [0.5, 0.6) is 5.75 Å². The average molecular weight is 237 g/mol. The Hall–Kier alpha value is -1.09. The molecule has 0 aliphatic heterocycles. The maximum Gasteiger partial charge on any atom is 0.123 e. The molecule has 0 amide bonds. The molecule has 1 aliphatic carbocycles. The number of benzene rings is 1. The smallest absolute Gasteiger partial charge is 0.123 e. The van der Waals surface area contributed by atoms with Crippen molar-refractivity contribution in [1.29, 1.82) is 0 Å². The quantitative estimate of drug-likeness (QED) is 0.853. The molecule has 1 saturated carbocycles. The summed E-state index contributed by atoms with van der Waals surface area (Å²) in [6.07, 6.45) is 2.91. The van der Waals surface area contributed by atoms with Crippen molar-refractivity contribution < 1.29 is 9.13 Å². The Labute approximate surface area is 102 Å². The molecule has 1 unspecified atom stereocenters. The SMILES string of the molecule is COc1cccc(C(C)F)c1CCC1(N)CC1. The van der Waals surface area contributed by atoms with E-state index in [0.717, 1.165) is 42.6 Å². The minimum absolute atomic E-state index is 0.00231. The van der Waals surface area contributed by atoms with E-state index < -0.39 is 6.17 Å². The van der Waals surface area contributed by atoms with E-state index in [1.165, 1.54) is 0 Å². The van der Waals surface area contributed by atoms with Crippen LogP contribution in [0.2, 0.25) is 0 Å². The molecular formula is C14H20FNO. The van der Waals surface area contributed by atoms with Gasteiger partial charge < -0.3 is 10.5 Å². The highest BCUT2D eigenvalue weighted by Gasteiger charge is 2.37. The zero-order chi connectivity index (χ0) is 12.5. The molecule has 1 atom stereocenters. The summed E-state index contributed by atoms with van der Waals surface area (Å²) in [5, 5.41) is 0. The van der Waals surface area contributed by atoms with Crippen LogP contribution in [0.3, 0.4) is 0 Å². The van der Waals surface area contributed by atoms with Crippen LogP contribution in [-0.4, -0.2) is 12.6 Å². The first-order valence-corrected chi connectivity index (χ1v) is 6.14. The number of rotatable bonds is 5. The number of halogens is 1. The second-order valence-corrected chi connectivity index (χ2v) is 5.01. The molecule has 94 valence electrons. The van der Waals surface area contributed by atoms with Crippen molar-refractivity contribution in [3.63, 3.8) is 0 Å². The molecule has 17 heavy (non-hydrogen) atoms. The van der Waals surface area contributed by atoms with Crippen LogP contribution in [0.25, 0.3) is 0 Å². The maximum absolute atomic E-state index is 13.6. The molecule has 0 radical (unpaired) electrons. The largest absolute Gasteiger partial charge is 0.496 e. The van der Waals surface area contributed by atoms with Crippen molar-refractivity contribution in [2.45, 2.75) is 44.3 Å². The Balaban J connectivity index is 2.21. The zero-order valence-corrected chi connectivity index (χ0v) is 10.5. The topological polar surface area (TPSA) is 35.2 Å². The number of ether oxygens (including phenoxy) is 1. The number of methoxy groups -OCH3 is 1. The van der Waals surface area contributed by atoms with Gasteiger partial charge >= 0.3 is 0 Å². The molecular weight excluding hydrogens is 217 g/mol. The lowest BCUT2D eigenvalue weighted by Gasteiger charge is -2.16. The van der Waals surface area contributed by atoms with Gasteiger partial charge in [-0.3, -0.25) is 0 Å². The lowest BCUT2D eigenvalue weighted by Crippen LogP contribution is -2.22. The van der Waals surface area contributed by atoms with Gasteiger partial charge in [-0.25, -0.2) is 4.39 Å². The van der Waals surface area contributed by atoms with Gasteiger partial charge in [0.05, 0.1) is 7.11 Å². The van der Waals surface area contributed by atoms with Crippen molar-refractivity contribution >= 4 is 0 Å². The van der Waals surface area contributed by atoms with Crippen molar-refractivity contribution in [2.24, 2.45) is 5.73 Å². The zero-order valence-electron chi connectivity index (χ0n) is 10.5. The number of hydrogen-bond donors (Lipinski definition) is 1. The fourth-order valence-corrected chi connectivity index (χ4v) is 2.20. The van der Waals surface area contributed by atoms with Gasteiger partial charge in [-0.2, -0.15) is 0 Å². The summed E-state index contributed by atoms with van der Waals surface area (Å²) >= 11 is 0. The van der Waals surface area contributed by atoms with Crippen LogP contribution in [0.4, 0.5) is 4.39 Å². The molecule has 0 bridgehead atoms. The first kappa shape index (κ1) is 12.4. The van der Waals surface area contributed by atoms with E-state index in [1.54, 1.807) is 14.0 Å². The average Bonchev–Trinajstić information content (AvgIpc) is 3.04. The summed E-state index contributed by atoms with van der Waals surface area (Å²) < 4.78 is 18.9. The molecule has 2 rings (SSSR count). The van der Waals surface area contributed by atoms with Crippen molar-refractivity contribution in [3.05, 3.63) is 29.3 Å². The minimum Gasteiger partial charge on any atom is -0.496 e. The van der Waals surface area contributed by atoms with Crippen LogP contribution in [-0.2, 0) is 6.42 Å². The van der Waals surface area contributed by atoms with Gasteiger partial charge in [0, 0.05) is 11.1 Å². The summed E-state index contributed by atoms with van der Waals surface area (Å²) in [7, 11) is 1.63. The van der Waals surface area contributed by atoms with E-state index in [9.17, 15) is 4.39 Å². The molecule has 0 saturated heterocycles. The minimum atomic E-state index is -0.965. The summed E-state index contributed by atoms with van der Waals surface area (Å²) in [5.41, 5.74) is 7.78. The predicted molar refractivity (Wildman–Crippen MR) is 67.0 cm³/mol. The molecule has 0 aromatic heterocycles. The third-order valence-corrected chi connectivity index (χ3v) is 3.58. The van der Waals surface area contributed by atoms with E-state index in [4.69, 9.17) is 10.5 Å². The fraction of sp³-hybridized carbons (Fsp3) is 0.571. The normalized spacial score (nSPS) is 18.8. The van der Waals surface area contributed by atoms with E-state index >= 15 is 0 Å². The van der Waals surface area contributed by atoms with Crippen molar-refractivity contribution in [3.8, 4) is 5.75 Å². The predicted octanol–water partition coefficient (Wildman–Crippen LogP) is 3.15.